The second kappa shape index (κ2) is 5.36. The van der Waals surface area contributed by atoms with Gasteiger partial charge >= 0.3 is 0 Å². The smallest absolute Gasteiger partial charge is 0.0389 e. The zero-order chi connectivity index (χ0) is 12.2. The monoisotopic (exact) mass is 237 g/mol. The van der Waals surface area contributed by atoms with Crippen LogP contribution < -0.4 is 5.32 Å². The molecule has 1 heterocycles. The lowest BCUT2D eigenvalue weighted by atomic mass is 9.81. The molecule has 18 heavy (non-hydrogen) atoms. The van der Waals surface area contributed by atoms with Gasteiger partial charge in [-0.05, 0) is 30.5 Å². The summed E-state index contributed by atoms with van der Waals surface area (Å²) in [5, 5.41) is 3.68. The van der Waals surface area contributed by atoms with Crippen LogP contribution in [0.5, 0.6) is 0 Å². The summed E-state index contributed by atoms with van der Waals surface area (Å²) in [6, 6.07) is 22.2. The molecule has 2 aromatic carbocycles. The summed E-state index contributed by atoms with van der Waals surface area (Å²) >= 11 is 0. The fraction of sp³-hybridized carbons (Fsp3) is 0.294. The third kappa shape index (κ3) is 2.32. The van der Waals surface area contributed by atoms with Gasteiger partial charge in [-0.25, -0.2) is 0 Å². The summed E-state index contributed by atoms with van der Waals surface area (Å²) in [7, 11) is 0. The lowest BCUT2D eigenvalue weighted by Crippen LogP contribution is -2.32. The molecule has 0 spiro atoms. The molecule has 1 aliphatic heterocycles. The molecular formula is C17H19N. The van der Waals surface area contributed by atoms with Crippen LogP contribution in [0, 0.1) is 0 Å². The van der Waals surface area contributed by atoms with E-state index in [-0.39, 0.29) is 0 Å². The van der Waals surface area contributed by atoms with E-state index in [1.807, 2.05) is 0 Å². The molecule has 92 valence electrons. The quantitative estimate of drug-likeness (QED) is 0.835. The molecule has 0 amide bonds. The summed E-state index contributed by atoms with van der Waals surface area (Å²) in [5.41, 5.74) is 2.87. The van der Waals surface area contributed by atoms with Crippen LogP contribution in [0.15, 0.2) is 60.7 Å². The predicted octanol–water partition coefficient (Wildman–Crippen LogP) is 3.89. The van der Waals surface area contributed by atoms with Crippen LogP contribution in [-0.4, -0.2) is 6.54 Å². The lowest BCUT2D eigenvalue weighted by molar-refractivity contribution is 0.358. The van der Waals surface area contributed by atoms with Crippen molar-refractivity contribution < 1.29 is 0 Å². The van der Waals surface area contributed by atoms with Crippen LogP contribution >= 0.6 is 0 Å². The molecule has 0 bridgehead atoms. The van der Waals surface area contributed by atoms with Crippen LogP contribution in [0.3, 0.4) is 0 Å². The molecule has 2 aromatic rings. The lowest BCUT2D eigenvalue weighted by Gasteiger charge is -2.33. The van der Waals surface area contributed by atoms with Crippen molar-refractivity contribution in [3.05, 3.63) is 71.8 Å². The van der Waals surface area contributed by atoms with Crippen LogP contribution in [0.4, 0.5) is 0 Å². The van der Waals surface area contributed by atoms with E-state index in [9.17, 15) is 0 Å². The second-order valence-corrected chi connectivity index (χ2v) is 5.00. The van der Waals surface area contributed by atoms with Crippen molar-refractivity contribution in [2.24, 2.45) is 0 Å². The Morgan fingerprint density at radius 3 is 2.06 bits per heavy atom. The normalized spacial score (nSPS) is 23.8. The molecule has 0 aliphatic carbocycles. The number of benzene rings is 2. The largest absolute Gasteiger partial charge is 0.309 e. The Labute approximate surface area is 109 Å². The van der Waals surface area contributed by atoms with Gasteiger partial charge in [0.25, 0.3) is 0 Å². The highest BCUT2D eigenvalue weighted by molar-refractivity contribution is 5.28. The first kappa shape index (κ1) is 11.5. The Balaban J connectivity index is 1.92. The molecule has 0 aromatic heterocycles. The minimum atomic E-state index is 0.461. The number of rotatable bonds is 2. The molecule has 1 saturated heterocycles. The third-order valence-electron chi connectivity index (χ3n) is 3.84. The topological polar surface area (TPSA) is 12.0 Å². The van der Waals surface area contributed by atoms with Crippen LogP contribution in [-0.2, 0) is 0 Å². The van der Waals surface area contributed by atoms with E-state index >= 15 is 0 Å². The molecule has 0 radical (unpaired) electrons. The van der Waals surface area contributed by atoms with Gasteiger partial charge in [-0.2, -0.15) is 0 Å². The van der Waals surface area contributed by atoms with Crippen molar-refractivity contribution >= 4 is 0 Å². The van der Waals surface area contributed by atoms with Gasteiger partial charge in [0.15, 0.2) is 0 Å². The summed E-state index contributed by atoms with van der Waals surface area (Å²) in [6.45, 7) is 1.13. The minimum absolute atomic E-state index is 0.461. The fourth-order valence-corrected chi connectivity index (χ4v) is 2.96. The van der Waals surface area contributed by atoms with Crippen molar-refractivity contribution in [1.29, 1.82) is 0 Å². The van der Waals surface area contributed by atoms with E-state index in [4.69, 9.17) is 0 Å². The first-order valence-electron chi connectivity index (χ1n) is 6.78. The standard InChI is InChI=1S/C17H19N/c1-3-8-14(9-4-1)16-12-7-13-18-17(16)15-10-5-2-6-11-15/h1-6,8-11,16-18H,7,12-13H2/t16-,17+/m0/s1. The average Bonchev–Trinajstić information content (AvgIpc) is 2.49. The van der Waals surface area contributed by atoms with Crippen LogP contribution in [0.2, 0.25) is 0 Å². The van der Waals surface area contributed by atoms with Gasteiger partial charge < -0.3 is 5.32 Å². The Kier molecular flexibility index (Phi) is 3.42. The summed E-state index contributed by atoms with van der Waals surface area (Å²) in [4.78, 5) is 0. The third-order valence-corrected chi connectivity index (χ3v) is 3.84. The number of nitrogens with one attached hydrogen (secondary N) is 1. The first-order valence-corrected chi connectivity index (χ1v) is 6.78. The molecule has 1 fully saturated rings. The van der Waals surface area contributed by atoms with Crippen molar-refractivity contribution in [1.82, 2.24) is 5.32 Å². The minimum Gasteiger partial charge on any atom is -0.309 e. The Bertz CT molecular complexity index is 430. The summed E-state index contributed by atoms with van der Waals surface area (Å²) < 4.78 is 0. The first-order chi connectivity index (χ1) is 8.95. The van der Waals surface area contributed by atoms with Gasteiger partial charge in [0.1, 0.15) is 0 Å². The number of hydrogen-bond acceptors (Lipinski definition) is 1. The Hall–Kier alpha value is -1.60. The molecule has 1 nitrogen and oxygen atoms in total. The van der Waals surface area contributed by atoms with Gasteiger partial charge in [-0.15, -0.1) is 0 Å². The van der Waals surface area contributed by atoms with Gasteiger partial charge in [0.2, 0.25) is 0 Å². The van der Waals surface area contributed by atoms with Crippen molar-refractivity contribution in [3.8, 4) is 0 Å². The maximum atomic E-state index is 3.68. The van der Waals surface area contributed by atoms with E-state index in [0.29, 0.717) is 12.0 Å². The van der Waals surface area contributed by atoms with Crippen molar-refractivity contribution in [2.45, 2.75) is 24.8 Å². The highest BCUT2D eigenvalue weighted by Gasteiger charge is 2.26. The summed E-state index contributed by atoms with van der Waals surface area (Å²) in [5.74, 6) is 0.599. The highest BCUT2D eigenvalue weighted by atomic mass is 14.9. The van der Waals surface area contributed by atoms with Crippen LogP contribution in [0.25, 0.3) is 0 Å². The maximum absolute atomic E-state index is 3.68. The second-order valence-electron chi connectivity index (χ2n) is 5.00. The Morgan fingerprint density at radius 1 is 0.778 bits per heavy atom. The Morgan fingerprint density at radius 2 is 1.39 bits per heavy atom. The predicted molar refractivity (Wildman–Crippen MR) is 75.6 cm³/mol. The van der Waals surface area contributed by atoms with E-state index < -0.39 is 0 Å². The highest BCUT2D eigenvalue weighted by Crippen LogP contribution is 2.36. The van der Waals surface area contributed by atoms with Gasteiger partial charge in [0.05, 0.1) is 0 Å². The zero-order valence-corrected chi connectivity index (χ0v) is 10.5. The summed E-state index contributed by atoms with van der Waals surface area (Å²) in [6.07, 6.45) is 2.54. The fourth-order valence-electron chi connectivity index (χ4n) is 2.96. The van der Waals surface area contributed by atoms with E-state index in [1.54, 1.807) is 0 Å². The van der Waals surface area contributed by atoms with Crippen LogP contribution in [0.1, 0.15) is 35.9 Å². The maximum Gasteiger partial charge on any atom is 0.0389 e. The van der Waals surface area contributed by atoms with Crippen molar-refractivity contribution in [2.75, 3.05) is 6.54 Å². The van der Waals surface area contributed by atoms with Gasteiger partial charge in [-0.3, -0.25) is 0 Å². The molecule has 1 aliphatic rings. The molecule has 1 N–H and O–H groups in total. The van der Waals surface area contributed by atoms with E-state index in [0.717, 1.165) is 6.54 Å². The molecule has 3 rings (SSSR count). The number of piperidine rings is 1. The van der Waals surface area contributed by atoms with Gasteiger partial charge in [0, 0.05) is 12.0 Å². The van der Waals surface area contributed by atoms with Crippen molar-refractivity contribution in [3.63, 3.8) is 0 Å². The average molecular weight is 237 g/mol. The molecular weight excluding hydrogens is 218 g/mol. The molecule has 2 atom stereocenters. The zero-order valence-electron chi connectivity index (χ0n) is 10.5. The van der Waals surface area contributed by atoms with E-state index in [1.165, 1.54) is 24.0 Å². The molecule has 0 unspecified atom stereocenters. The SMILES string of the molecule is c1ccc([C@H]2NCCC[C@H]2c2ccccc2)cc1. The van der Waals surface area contributed by atoms with Gasteiger partial charge in [-0.1, -0.05) is 60.7 Å². The van der Waals surface area contributed by atoms with E-state index in [2.05, 4.69) is 66.0 Å². The number of hydrogen-bond donors (Lipinski definition) is 1. The molecule has 0 saturated carbocycles. The molecule has 1 heteroatoms.